The van der Waals surface area contributed by atoms with Crippen LogP contribution in [0.2, 0.25) is 0 Å². The zero-order valence-corrected chi connectivity index (χ0v) is 28.5. The monoisotopic (exact) mass is 558 g/mol. The molecule has 0 aliphatic heterocycles. The lowest BCUT2D eigenvalue weighted by Gasteiger charge is -2.62. The Kier molecular flexibility index (Phi) is 8.55. The van der Waals surface area contributed by atoms with Gasteiger partial charge in [-0.05, 0) is 139 Å². The van der Waals surface area contributed by atoms with E-state index < -0.39 is 0 Å². The standard InChI is InChI=1S/C40H62O/c1-23-12-14-31(15-13-23)33-18-34-19-35(17-32-16-25(3)26(4)27(5)28(32)6)38(29(7)37(34)36(41)20-33)40(11)22-24(2)21-39(9,10)30(40)8/h12-15,20,24-30,32,34-35,37-38H,16-19,21-22H2,1-11H3/t24?,25?,26-,27+,28?,29?,30?,32-,34?,35?,37?,38?,40?/m0/s1. The zero-order valence-electron chi connectivity index (χ0n) is 28.5. The summed E-state index contributed by atoms with van der Waals surface area (Å²) in [6, 6.07) is 8.89. The highest BCUT2D eigenvalue weighted by Crippen LogP contribution is 2.64. The van der Waals surface area contributed by atoms with Crippen LogP contribution in [0.5, 0.6) is 0 Å². The summed E-state index contributed by atoms with van der Waals surface area (Å²) in [4.78, 5) is 14.1. The minimum Gasteiger partial charge on any atom is -0.295 e. The average Bonchev–Trinajstić information content (AvgIpc) is 2.88. The number of allylic oxidation sites excluding steroid dienone is 2. The number of fused-ring (bicyclic) bond motifs is 1. The summed E-state index contributed by atoms with van der Waals surface area (Å²) in [5, 5.41) is 0. The number of benzene rings is 1. The van der Waals surface area contributed by atoms with Gasteiger partial charge in [0.25, 0.3) is 0 Å². The van der Waals surface area contributed by atoms with Gasteiger partial charge in [0.15, 0.2) is 5.78 Å². The van der Waals surface area contributed by atoms with Crippen molar-refractivity contribution >= 4 is 11.4 Å². The van der Waals surface area contributed by atoms with Gasteiger partial charge in [0.05, 0.1) is 0 Å². The lowest BCUT2D eigenvalue weighted by atomic mass is 9.43. The first-order chi connectivity index (χ1) is 19.1. The molecule has 1 nitrogen and oxygen atoms in total. The van der Waals surface area contributed by atoms with Gasteiger partial charge in [-0.25, -0.2) is 0 Å². The summed E-state index contributed by atoms with van der Waals surface area (Å²) in [6.45, 7) is 27.6. The van der Waals surface area contributed by atoms with Crippen molar-refractivity contribution in [3.63, 3.8) is 0 Å². The fourth-order valence-electron chi connectivity index (χ4n) is 11.9. The molecule has 5 rings (SSSR count). The molecule has 0 heterocycles. The van der Waals surface area contributed by atoms with Gasteiger partial charge < -0.3 is 0 Å². The quantitative estimate of drug-likeness (QED) is 0.359. The van der Waals surface area contributed by atoms with E-state index in [0.717, 1.165) is 41.9 Å². The maximum absolute atomic E-state index is 14.1. The topological polar surface area (TPSA) is 17.1 Å². The van der Waals surface area contributed by atoms with Crippen LogP contribution in [0.3, 0.4) is 0 Å². The third-order valence-electron chi connectivity index (χ3n) is 14.5. The Morgan fingerprint density at radius 3 is 2.10 bits per heavy atom. The molecule has 0 spiro atoms. The van der Waals surface area contributed by atoms with Gasteiger partial charge >= 0.3 is 0 Å². The van der Waals surface area contributed by atoms with Crippen molar-refractivity contribution in [2.75, 3.05) is 0 Å². The molecule has 4 aliphatic carbocycles. The Hall–Kier alpha value is -1.37. The van der Waals surface area contributed by atoms with Gasteiger partial charge in [-0.15, -0.1) is 0 Å². The Bertz CT molecular complexity index is 1120. The van der Waals surface area contributed by atoms with E-state index in [2.05, 4.69) is 107 Å². The van der Waals surface area contributed by atoms with Crippen LogP contribution < -0.4 is 0 Å². The zero-order chi connectivity index (χ0) is 30.0. The van der Waals surface area contributed by atoms with E-state index in [1.807, 2.05) is 0 Å². The second-order valence-corrected chi connectivity index (χ2v) is 17.3. The summed E-state index contributed by atoms with van der Waals surface area (Å²) in [6.07, 6.45) is 9.79. The van der Waals surface area contributed by atoms with E-state index in [1.165, 1.54) is 48.8 Å². The molecular formula is C40H62O. The largest absolute Gasteiger partial charge is 0.295 e. The number of ketones is 1. The molecule has 0 saturated heterocycles. The first kappa shape index (κ1) is 31.1. The van der Waals surface area contributed by atoms with Crippen LogP contribution in [0.4, 0.5) is 0 Å². The summed E-state index contributed by atoms with van der Waals surface area (Å²) >= 11 is 0. The first-order valence-electron chi connectivity index (χ1n) is 17.5. The third-order valence-corrected chi connectivity index (χ3v) is 14.5. The van der Waals surface area contributed by atoms with Crippen LogP contribution in [0, 0.1) is 88.8 Å². The van der Waals surface area contributed by atoms with Crippen molar-refractivity contribution in [1.82, 2.24) is 0 Å². The van der Waals surface area contributed by atoms with Crippen molar-refractivity contribution in [1.29, 1.82) is 0 Å². The Morgan fingerprint density at radius 2 is 1.44 bits per heavy atom. The Labute approximate surface area is 253 Å². The number of carbonyl (C=O) groups is 1. The molecule has 41 heavy (non-hydrogen) atoms. The maximum atomic E-state index is 14.1. The molecule has 0 bridgehead atoms. The van der Waals surface area contributed by atoms with Crippen LogP contribution in [0.15, 0.2) is 30.3 Å². The van der Waals surface area contributed by atoms with E-state index in [4.69, 9.17) is 0 Å². The predicted molar refractivity (Wildman–Crippen MR) is 175 cm³/mol. The van der Waals surface area contributed by atoms with Gasteiger partial charge in [-0.1, -0.05) is 99.1 Å². The molecular weight excluding hydrogens is 496 g/mol. The lowest BCUT2D eigenvalue weighted by Crippen LogP contribution is -2.56. The lowest BCUT2D eigenvalue weighted by molar-refractivity contribution is -0.144. The predicted octanol–water partition coefficient (Wildman–Crippen LogP) is 10.9. The second-order valence-electron chi connectivity index (χ2n) is 17.3. The van der Waals surface area contributed by atoms with Gasteiger partial charge in [-0.2, -0.15) is 0 Å². The Morgan fingerprint density at radius 1 is 0.780 bits per heavy atom. The number of rotatable bonds is 4. The van der Waals surface area contributed by atoms with Crippen molar-refractivity contribution in [2.24, 2.45) is 81.8 Å². The summed E-state index contributed by atoms with van der Waals surface area (Å²) in [5.74, 6) is 8.33. The number of carbonyl (C=O) groups excluding carboxylic acids is 1. The van der Waals surface area contributed by atoms with Gasteiger partial charge in [0.2, 0.25) is 0 Å². The fourth-order valence-corrected chi connectivity index (χ4v) is 11.9. The smallest absolute Gasteiger partial charge is 0.159 e. The molecule has 1 aromatic carbocycles. The van der Waals surface area contributed by atoms with Crippen molar-refractivity contribution in [3.05, 3.63) is 41.5 Å². The van der Waals surface area contributed by atoms with E-state index in [-0.39, 0.29) is 11.3 Å². The van der Waals surface area contributed by atoms with Gasteiger partial charge in [-0.3, -0.25) is 4.79 Å². The van der Waals surface area contributed by atoms with Crippen molar-refractivity contribution in [3.8, 4) is 0 Å². The molecule has 228 valence electrons. The van der Waals surface area contributed by atoms with Crippen molar-refractivity contribution in [2.45, 2.75) is 115 Å². The van der Waals surface area contributed by atoms with E-state index in [0.29, 0.717) is 40.8 Å². The van der Waals surface area contributed by atoms with E-state index in [9.17, 15) is 4.79 Å². The second kappa shape index (κ2) is 11.3. The van der Waals surface area contributed by atoms with Crippen molar-refractivity contribution < 1.29 is 4.79 Å². The van der Waals surface area contributed by atoms with Crippen LogP contribution in [0.1, 0.15) is 119 Å². The van der Waals surface area contributed by atoms with Crippen LogP contribution in [0.25, 0.3) is 5.57 Å². The molecule has 4 aliphatic rings. The fraction of sp³-hybridized carbons (Fsp3) is 0.775. The van der Waals surface area contributed by atoms with Gasteiger partial charge in [0, 0.05) is 5.92 Å². The highest BCUT2D eigenvalue weighted by molar-refractivity contribution is 6.00. The molecule has 13 atom stereocenters. The SMILES string of the molecule is Cc1ccc(C2=CC(=O)C3C(C2)CC(C[C@@H]2CC(C)[C@H](C)[C@@H](C)C2C)C(C2(C)CC(C)CC(C)(C)C2C)C3C)cc1. The molecule has 0 radical (unpaired) electrons. The molecule has 0 N–H and O–H groups in total. The summed E-state index contributed by atoms with van der Waals surface area (Å²) in [5.41, 5.74) is 4.46. The molecule has 1 heteroatoms. The summed E-state index contributed by atoms with van der Waals surface area (Å²) < 4.78 is 0. The molecule has 0 aromatic heterocycles. The first-order valence-corrected chi connectivity index (χ1v) is 17.5. The highest BCUT2D eigenvalue weighted by atomic mass is 16.1. The molecule has 0 amide bonds. The number of hydrogen-bond donors (Lipinski definition) is 0. The van der Waals surface area contributed by atoms with Crippen LogP contribution in [-0.4, -0.2) is 5.78 Å². The molecule has 3 saturated carbocycles. The summed E-state index contributed by atoms with van der Waals surface area (Å²) in [7, 11) is 0. The minimum absolute atomic E-state index is 0.191. The number of hydrogen-bond acceptors (Lipinski definition) is 1. The molecule has 10 unspecified atom stereocenters. The highest BCUT2D eigenvalue weighted by Gasteiger charge is 2.58. The molecule has 1 aromatic rings. The van der Waals surface area contributed by atoms with E-state index in [1.54, 1.807) is 0 Å². The minimum atomic E-state index is 0.191. The number of aryl methyl sites for hydroxylation is 1. The molecule has 3 fully saturated rings. The van der Waals surface area contributed by atoms with E-state index >= 15 is 0 Å². The maximum Gasteiger partial charge on any atom is 0.159 e. The average molecular weight is 559 g/mol. The normalized spacial score (nSPS) is 46.5. The van der Waals surface area contributed by atoms with Crippen LogP contribution >= 0.6 is 0 Å². The Balaban J connectivity index is 1.52. The van der Waals surface area contributed by atoms with Crippen LogP contribution in [-0.2, 0) is 4.79 Å². The third kappa shape index (κ3) is 5.55. The van der Waals surface area contributed by atoms with Gasteiger partial charge in [0.1, 0.15) is 0 Å².